The van der Waals surface area contributed by atoms with Crippen molar-refractivity contribution < 1.29 is 27.5 Å². The highest BCUT2D eigenvalue weighted by Crippen LogP contribution is 2.30. The quantitative estimate of drug-likeness (QED) is 0.549. The number of nitrogens with zero attached hydrogens (tertiary/aromatic N) is 1. The highest BCUT2D eigenvalue weighted by atomic mass is 32.2. The Kier molecular flexibility index (Phi) is 6.60. The number of esters is 1. The fourth-order valence-corrected chi connectivity index (χ4v) is 3.73. The zero-order chi connectivity index (χ0) is 19.3. The first-order valence-corrected chi connectivity index (χ1v) is 10.2. The molecule has 1 atom stereocenters. The van der Waals surface area contributed by atoms with Gasteiger partial charge >= 0.3 is 5.97 Å². The van der Waals surface area contributed by atoms with Crippen LogP contribution in [0.2, 0.25) is 0 Å². The summed E-state index contributed by atoms with van der Waals surface area (Å²) in [7, 11) is -1.84. The molecule has 0 aromatic heterocycles. The van der Waals surface area contributed by atoms with E-state index in [1.165, 1.54) is 24.4 Å². The van der Waals surface area contributed by atoms with Gasteiger partial charge in [-0.25, -0.2) is 13.2 Å². The first kappa shape index (κ1) is 20.2. The molecular formula is C17H24N2O6S. The molecule has 0 unspecified atom stereocenters. The summed E-state index contributed by atoms with van der Waals surface area (Å²) in [4.78, 5) is 24.1. The molecule has 1 aromatic carbocycles. The molecule has 0 aliphatic carbocycles. The molecule has 1 aliphatic rings. The summed E-state index contributed by atoms with van der Waals surface area (Å²) in [6.45, 7) is 2.61. The molecule has 0 spiro atoms. The Labute approximate surface area is 153 Å². The minimum absolute atomic E-state index is 0.288. The third kappa shape index (κ3) is 4.95. The Morgan fingerprint density at radius 3 is 2.73 bits per heavy atom. The Balaban J connectivity index is 2.08. The van der Waals surface area contributed by atoms with E-state index in [0.29, 0.717) is 38.2 Å². The van der Waals surface area contributed by atoms with Crippen LogP contribution >= 0.6 is 0 Å². The minimum Gasteiger partial charge on any atom is -0.449 e. The molecule has 0 fully saturated rings. The zero-order valence-corrected chi connectivity index (χ0v) is 16.0. The number of amides is 1. The van der Waals surface area contributed by atoms with E-state index in [2.05, 4.69) is 5.32 Å². The van der Waals surface area contributed by atoms with Crippen molar-refractivity contribution in [1.82, 2.24) is 5.32 Å². The molecule has 2 rings (SSSR count). The summed E-state index contributed by atoms with van der Waals surface area (Å²) in [5.41, 5.74) is 1.64. The Bertz CT molecular complexity index is 777. The van der Waals surface area contributed by atoms with Crippen molar-refractivity contribution in [3.05, 3.63) is 29.3 Å². The fraction of sp³-hybridized carbons (Fsp3) is 0.529. The number of methoxy groups -OCH3 is 1. The first-order valence-electron chi connectivity index (χ1n) is 8.32. The van der Waals surface area contributed by atoms with E-state index >= 15 is 0 Å². The van der Waals surface area contributed by atoms with Crippen LogP contribution in [0.4, 0.5) is 5.69 Å². The maximum Gasteiger partial charge on any atom is 0.338 e. The number of hydrogen-bond acceptors (Lipinski definition) is 6. The number of ether oxygens (including phenoxy) is 2. The average molecular weight is 384 g/mol. The maximum atomic E-state index is 12.3. The molecule has 0 bridgehead atoms. The molecule has 1 heterocycles. The van der Waals surface area contributed by atoms with Crippen molar-refractivity contribution in [1.29, 1.82) is 0 Å². The van der Waals surface area contributed by atoms with Gasteiger partial charge < -0.3 is 14.8 Å². The monoisotopic (exact) mass is 384 g/mol. The third-order valence-corrected chi connectivity index (χ3v) is 5.23. The van der Waals surface area contributed by atoms with Gasteiger partial charge in [0, 0.05) is 20.2 Å². The van der Waals surface area contributed by atoms with Crippen molar-refractivity contribution in [3.63, 3.8) is 0 Å². The smallest absolute Gasteiger partial charge is 0.338 e. The Morgan fingerprint density at radius 2 is 2.08 bits per heavy atom. The number of nitrogens with one attached hydrogen (secondary N) is 1. The van der Waals surface area contributed by atoms with Crippen LogP contribution in [0.1, 0.15) is 29.3 Å². The predicted octanol–water partition coefficient (Wildman–Crippen LogP) is 0.707. The van der Waals surface area contributed by atoms with Gasteiger partial charge in [0.2, 0.25) is 10.0 Å². The van der Waals surface area contributed by atoms with Crippen molar-refractivity contribution in [3.8, 4) is 0 Å². The van der Waals surface area contributed by atoms with E-state index in [-0.39, 0.29) is 5.56 Å². The second-order valence-corrected chi connectivity index (χ2v) is 8.02. The third-order valence-electron chi connectivity index (χ3n) is 4.05. The topological polar surface area (TPSA) is 102 Å². The second-order valence-electron chi connectivity index (χ2n) is 6.11. The molecule has 0 radical (unpaired) electrons. The standard InChI is InChI=1S/C17H24N2O6S/c1-12(16(20)18-8-10-24-2)25-17(21)14-6-7-15-13(11-14)5-4-9-19(15)26(3,22)23/h6-7,11-12H,4-5,8-10H2,1-3H3,(H,18,20)/t12-/m1/s1. The van der Waals surface area contributed by atoms with E-state index in [4.69, 9.17) is 9.47 Å². The number of carbonyl (C=O) groups is 2. The summed E-state index contributed by atoms with van der Waals surface area (Å²) < 4.78 is 35.1. The second kappa shape index (κ2) is 8.50. The summed E-state index contributed by atoms with van der Waals surface area (Å²) in [6, 6.07) is 4.75. The molecule has 1 amide bonds. The summed E-state index contributed by atoms with van der Waals surface area (Å²) in [5.74, 6) is -1.03. The van der Waals surface area contributed by atoms with Crippen LogP contribution in [0.15, 0.2) is 18.2 Å². The predicted molar refractivity (Wildman–Crippen MR) is 96.7 cm³/mol. The molecule has 9 heteroatoms. The van der Waals surface area contributed by atoms with Crippen LogP contribution in [0.3, 0.4) is 0 Å². The number of anilines is 1. The molecule has 1 aromatic rings. The van der Waals surface area contributed by atoms with Crippen molar-refractivity contribution in [2.24, 2.45) is 0 Å². The van der Waals surface area contributed by atoms with Gasteiger partial charge in [-0.3, -0.25) is 9.10 Å². The summed E-state index contributed by atoms with van der Waals surface area (Å²) >= 11 is 0. The molecule has 0 saturated carbocycles. The molecular weight excluding hydrogens is 360 g/mol. The lowest BCUT2D eigenvalue weighted by Gasteiger charge is -2.29. The first-order chi connectivity index (χ1) is 12.2. The van der Waals surface area contributed by atoms with Gasteiger partial charge in [0.25, 0.3) is 5.91 Å². The number of fused-ring (bicyclic) bond motifs is 1. The van der Waals surface area contributed by atoms with Gasteiger partial charge in [0.1, 0.15) is 0 Å². The van der Waals surface area contributed by atoms with Gasteiger partial charge in [-0.2, -0.15) is 0 Å². The number of sulfonamides is 1. The van der Waals surface area contributed by atoms with E-state index in [9.17, 15) is 18.0 Å². The number of carbonyl (C=O) groups excluding carboxylic acids is 2. The van der Waals surface area contributed by atoms with Crippen LogP contribution in [0, 0.1) is 0 Å². The van der Waals surface area contributed by atoms with Crippen LogP contribution in [0.5, 0.6) is 0 Å². The van der Waals surface area contributed by atoms with Crippen LogP contribution in [-0.2, 0) is 30.7 Å². The van der Waals surface area contributed by atoms with Gasteiger partial charge in [-0.15, -0.1) is 0 Å². The van der Waals surface area contributed by atoms with Crippen LogP contribution in [0.25, 0.3) is 0 Å². The zero-order valence-electron chi connectivity index (χ0n) is 15.1. The average Bonchev–Trinajstić information content (AvgIpc) is 2.59. The Hall–Kier alpha value is -2.13. The van der Waals surface area contributed by atoms with Crippen LogP contribution in [-0.4, -0.2) is 59.5 Å². The normalized spacial score (nSPS) is 15.1. The van der Waals surface area contributed by atoms with E-state index < -0.39 is 28.0 Å². The number of aryl methyl sites for hydroxylation is 1. The molecule has 0 saturated heterocycles. The van der Waals surface area contributed by atoms with Gasteiger partial charge in [0.05, 0.1) is 24.1 Å². The Morgan fingerprint density at radius 1 is 1.35 bits per heavy atom. The maximum absolute atomic E-state index is 12.3. The van der Waals surface area contributed by atoms with Crippen molar-refractivity contribution >= 4 is 27.6 Å². The fourth-order valence-electron chi connectivity index (χ4n) is 2.74. The summed E-state index contributed by atoms with van der Waals surface area (Å²) in [6.07, 6.45) is 1.57. The number of benzene rings is 1. The van der Waals surface area contributed by atoms with E-state index in [1.54, 1.807) is 12.1 Å². The number of rotatable bonds is 7. The largest absolute Gasteiger partial charge is 0.449 e. The number of hydrogen-bond donors (Lipinski definition) is 1. The summed E-state index contributed by atoms with van der Waals surface area (Å²) in [5, 5.41) is 2.60. The van der Waals surface area contributed by atoms with E-state index in [0.717, 1.165) is 11.8 Å². The molecule has 8 nitrogen and oxygen atoms in total. The van der Waals surface area contributed by atoms with Crippen molar-refractivity contribution in [2.45, 2.75) is 25.9 Å². The SMILES string of the molecule is COCCNC(=O)[C@@H](C)OC(=O)c1ccc2c(c1)CCCN2S(C)(=O)=O. The lowest BCUT2D eigenvalue weighted by molar-refractivity contribution is -0.129. The lowest BCUT2D eigenvalue weighted by atomic mass is 10.0. The highest BCUT2D eigenvalue weighted by Gasteiger charge is 2.25. The van der Waals surface area contributed by atoms with Gasteiger partial charge in [0.15, 0.2) is 6.10 Å². The minimum atomic E-state index is -3.36. The molecule has 1 aliphatic heterocycles. The van der Waals surface area contributed by atoms with Gasteiger partial charge in [-0.1, -0.05) is 0 Å². The highest BCUT2D eigenvalue weighted by molar-refractivity contribution is 7.92. The van der Waals surface area contributed by atoms with Crippen molar-refractivity contribution in [2.75, 3.05) is 37.4 Å². The molecule has 1 N–H and O–H groups in total. The molecule has 144 valence electrons. The van der Waals surface area contributed by atoms with Gasteiger partial charge in [-0.05, 0) is 43.5 Å². The van der Waals surface area contributed by atoms with Crippen LogP contribution < -0.4 is 9.62 Å². The van der Waals surface area contributed by atoms with E-state index in [1.807, 2.05) is 0 Å². The molecule has 26 heavy (non-hydrogen) atoms. The lowest BCUT2D eigenvalue weighted by Crippen LogP contribution is -2.37.